The summed E-state index contributed by atoms with van der Waals surface area (Å²) in [5.41, 5.74) is 0. The average molecular weight is 371 g/mol. The van der Waals surface area contributed by atoms with E-state index >= 15 is 0 Å². The van der Waals surface area contributed by atoms with Crippen molar-refractivity contribution < 1.29 is 4.79 Å². The molecule has 0 bridgehead atoms. The number of hydrogen-bond donors (Lipinski definition) is 1. The molecule has 1 saturated heterocycles. The quantitative estimate of drug-likeness (QED) is 0.784. The van der Waals surface area contributed by atoms with Crippen molar-refractivity contribution in [2.24, 2.45) is 11.8 Å². The van der Waals surface area contributed by atoms with Crippen LogP contribution >= 0.6 is 10.0 Å². The Labute approximate surface area is 158 Å². The molecule has 2 aliphatic rings. The zero-order valence-corrected chi connectivity index (χ0v) is 18.4. The highest BCUT2D eigenvalue weighted by Gasteiger charge is 2.35. The molecule has 1 amide bonds. The van der Waals surface area contributed by atoms with Crippen molar-refractivity contribution in [1.82, 2.24) is 10.2 Å². The average Bonchev–Trinajstić information content (AvgIpc) is 2.56. The van der Waals surface area contributed by atoms with Crippen molar-refractivity contribution in [1.29, 1.82) is 0 Å². The van der Waals surface area contributed by atoms with Crippen molar-refractivity contribution in [3.8, 4) is 0 Å². The predicted octanol–water partition coefficient (Wildman–Crippen LogP) is 4.26. The van der Waals surface area contributed by atoms with E-state index in [-0.39, 0.29) is 5.92 Å². The maximum absolute atomic E-state index is 13.0. The van der Waals surface area contributed by atoms with Crippen LogP contribution in [0.1, 0.15) is 66.2 Å². The molecule has 1 atom stereocenters. The first kappa shape index (κ1) is 21.1. The topological polar surface area (TPSA) is 32.3 Å². The lowest BCUT2D eigenvalue weighted by atomic mass is 9.85. The number of carbonyl (C=O) groups is 1. The maximum atomic E-state index is 13.0. The van der Waals surface area contributed by atoms with E-state index in [2.05, 4.69) is 50.4 Å². The van der Waals surface area contributed by atoms with E-state index in [9.17, 15) is 4.79 Å². The van der Waals surface area contributed by atoms with Gasteiger partial charge in [0.15, 0.2) is 0 Å². The fraction of sp³-hybridized carbons (Fsp3) is 0.952. The van der Waals surface area contributed by atoms with Gasteiger partial charge in [0, 0.05) is 19.1 Å². The van der Waals surface area contributed by atoms with Crippen LogP contribution in [-0.2, 0) is 4.79 Å². The third-order valence-corrected chi connectivity index (χ3v) is 11.5. The first-order chi connectivity index (χ1) is 11.7. The molecule has 1 saturated carbocycles. The molecule has 1 aliphatic heterocycles. The molecular formula is C21H42N2OS. The minimum Gasteiger partial charge on any atom is -0.340 e. The second kappa shape index (κ2) is 8.65. The zero-order chi connectivity index (χ0) is 18.7. The van der Waals surface area contributed by atoms with E-state index in [0.717, 1.165) is 38.4 Å². The van der Waals surface area contributed by atoms with Gasteiger partial charge < -0.3 is 10.2 Å². The summed E-state index contributed by atoms with van der Waals surface area (Å²) in [5, 5.41) is 3.40. The Kier molecular flexibility index (Phi) is 7.29. The van der Waals surface area contributed by atoms with Gasteiger partial charge in [0.05, 0.1) is 5.92 Å². The van der Waals surface area contributed by atoms with Crippen molar-refractivity contribution >= 4 is 15.9 Å². The molecule has 1 N–H and O–H groups in total. The van der Waals surface area contributed by atoms with Crippen LogP contribution in [0.15, 0.2) is 0 Å². The molecule has 1 unspecified atom stereocenters. The first-order valence-corrected chi connectivity index (χ1v) is 13.0. The highest BCUT2D eigenvalue weighted by atomic mass is 32.3. The minimum absolute atomic E-state index is 0.218. The highest BCUT2D eigenvalue weighted by molar-refractivity contribution is 8.33. The van der Waals surface area contributed by atoms with E-state index < -0.39 is 10.0 Å². The summed E-state index contributed by atoms with van der Waals surface area (Å²) in [7, 11) is -0.563. The fourth-order valence-electron chi connectivity index (χ4n) is 4.35. The molecule has 148 valence electrons. The smallest absolute Gasteiger partial charge is 0.227 e. The van der Waals surface area contributed by atoms with Gasteiger partial charge in [0.2, 0.25) is 5.91 Å². The maximum Gasteiger partial charge on any atom is 0.227 e. The first-order valence-electron chi connectivity index (χ1n) is 10.4. The third kappa shape index (κ3) is 5.38. The fourth-order valence-corrected chi connectivity index (χ4v) is 6.37. The molecule has 1 heterocycles. The van der Waals surface area contributed by atoms with Gasteiger partial charge in [-0.15, -0.1) is 0 Å². The Morgan fingerprint density at radius 1 is 1.12 bits per heavy atom. The molecule has 3 nitrogen and oxygen atoms in total. The summed E-state index contributed by atoms with van der Waals surface area (Å²) in [4.78, 5) is 15.2. The Balaban J connectivity index is 1.88. The number of nitrogens with one attached hydrogen (secondary N) is 1. The van der Waals surface area contributed by atoms with Gasteiger partial charge in [0.25, 0.3) is 0 Å². The molecule has 0 aromatic heterocycles. The molecule has 0 aromatic carbocycles. The van der Waals surface area contributed by atoms with Crippen molar-refractivity contribution in [2.75, 3.05) is 37.9 Å². The molecule has 4 heteroatoms. The van der Waals surface area contributed by atoms with Crippen molar-refractivity contribution in [3.63, 3.8) is 0 Å². The van der Waals surface area contributed by atoms with Crippen molar-refractivity contribution in [2.45, 2.75) is 77.0 Å². The minimum atomic E-state index is -0.563. The number of rotatable bonds is 5. The summed E-state index contributed by atoms with van der Waals surface area (Å²) in [6, 6.07) is 0.489. The standard InChI is InChI=1S/C21H42N2OS/c1-7-23(20(24)18-9-8-14-22-15-18)19-12-10-17(11-13-19)16-25(5,6)21(2,3)4/h17-19,22H,7-16H2,1-6H3. The summed E-state index contributed by atoms with van der Waals surface area (Å²) in [6.07, 6.45) is 12.3. The number of amides is 1. The van der Waals surface area contributed by atoms with Crippen molar-refractivity contribution in [3.05, 3.63) is 0 Å². The van der Waals surface area contributed by atoms with Crippen LogP contribution < -0.4 is 5.32 Å². The molecule has 0 aromatic rings. The summed E-state index contributed by atoms with van der Waals surface area (Å²) in [6.45, 7) is 12.2. The van der Waals surface area contributed by atoms with Gasteiger partial charge in [-0.3, -0.25) is 4.79 Å². The summed E-state index contributed by atoms with van der Waals surface area (Å²) < 4.78 is 0.434. The Morgan fingerprint density at radius 3 is 2.24 bits per heavy atom. The Bertz CT molecular complexity index is 430. The second-order valence-corrected chi connectivity index (χ2v) is 14.3. The molecular weight excluding hydrogens is 328 g/mol. The molecule has 25 heavy (non-hydrogen) atoms. The number of hydrogen-bond acceptors (Lipinski definition) is 2. The van der Waals surface area contributed by atoms with Crippen LogP contribution in [-0.4, -0.2) is 59.5 Å². The third-order valence-electron chi connectivity index (χ3n) is 6.84. The lowest BCUT2D eigenvalue weighted by Crippen LogP contribution is -2.48. The lowest BCUT2D eigenvalue weighted by Gasteiger charge is -2.48. The van der Waals surface area contributed by atoms with Gasteiger partial charge in [0.1, 0.15) is 0 Å². The van der Waals surface area contributed by atoms with Crippen LogP contribution in [0.4, 0.5) is 0 Å². The van der Waals surface area contributed by atoms with E-state index in [0.29, 0.717) is 16.7 Å². The monoisotopic (exact) mass is 370 g/mol. The van der Waals surface area contributed by atoms with Gasteiger partial charge in [-0.05, 0) is 80.9 Å². The Morgan fingerprint density at radius 2 is 1.76 bits per heavy atom. The van der Waals surface area contributed by atoms with Gasteiger partial charge >= 0.3 is 0 Å². The predicted molar refractivity (Wildman–Crippen MR) is 113 cm³/mol. The second-order valence-electron chi connectivity index (χ2n) is 9.66. The molecule has 2 fully saturated rings. The summed E-state index contributed by atoms with van der Waals surface area (Å²) >= 11 is 0. The normalized spacial score (nSPS) is 29.3. The van der Waals surface area contributed by atoms with E-state index in [1.165, 1.54) is 31.4 Å². The van der Waals surface area contributed by atoms with Crippen LogP contribution in [0, 0.1) is 11.8 Å². The molecule has 0 spiro atoms. The zero-order valence-electron chi connectivity index (χ0n) is 17.6. The Hall–Kier alpha value is -0.220. The summed E-state index contributed by atoms with van der Waals surface area (Å²) in [5.74, 6) is 2.90. The van der Waals surface area contributed by atoms with E-state index in [4.69, 9.17) is 0 Å². The lowest BCUT2D eigenvalue weighted by molar-refractivity contribution is -0.139. The number of nitrogens with zero attached hydrogens (tertiary/aromatic N) is 1. The van der Waals surface area contributed by atoms with E-state index in [1.807, 2.05) is 0 Å². The number of piperidine rings is 1. The SMILES string of the molecule is CCN(C(=O)C1CCCNC1)C1CCC(CS(C)(C)C(C)(C)C)CC1. The highest BCUT2D eigenvalue weighted by Crippen LogP contribution is 2.55. The molecule has 0 radical (unpaired) electrons. The van der Waals surface area contributed by atoms with E-state index in [1.54, 1.807) is 0 Å². The van der Waals surface area contributed by atoms with Crippen LogP contribution in [0.5, 0.6) is 0 Å². The molecule has 1 aliphatic carbocycles. The van der Waals surface area contributed by atoms with Crippen LogP contribution in [0.25, 0.3) is 0 Å². The van der Waals surface area contributed by atoms with Crippen LogP contribution in [0.3, 0.4) is 0 Å². The van der Waals surface area contributed by atoms with Crippen LogP contribution in [0.2, 0.25) is 0 Å². The molecule has 2 rings (SSSR count). The number of carbonyl (C=O) groups excluding carboxylic acids is 1. The largest absolute Gasteiger partial charge is 0.340 e. The van der Waals surface area contributed by atoms with Gasteiger partial charge in [-0.2, -0.15) is 0 Å². The van der Waals surface area contributed by atoms with Gasteiger partial charge in [-0.1, -0.05) is 20.8 Å². The van der Waals surface area contributed by atoms with Gasteiger partial charge in [-0.25, -0.2) is 10.0 Å².